The van der Waals surface area contributed by atoms with Gasteiger partial charge in [-0.3, -0.25) is 10.1 Å². The Morgan fingerprint density at radius 2 is 2.05 bits per heavy atom. The van der Waals surface area contributed by atoms with Crippen LogP contribution in [0.15, 0.2) is 0 Å². The van der Waals surface area contributed by atoms with Gasteiger partial charge in [0, 0.05) is 13.0 Å². The van der Waals surface area contributed by atoms with Crippen LogP contribution in [0.1, 0.15) is 38.9 Å². The van der Waals surface area contributed by atoms with Crippen LogP contribution in [0.3, 0.4) is 0 Å². The molecule has 1 heterocycles. The van der Waals surface area contributed by atoms with Crippen molar-refractivity contribution in [2.75, 3.05) is 19.0 Å². The second-order valence-electron chi connectivity index (χ2n) is 4.13. The van der Waals surface area contributed by atoms with Gasteiger partial charge < -0.3 is 10.1 Å². The fourth-order valence-corrected chi connectivity index (χ4v) is 1.63. The zero-order valence-corrected chi connectivity index (χ0v) is 11.6. The van der Waals surface area contributed by atoms with E-state index >= 15 is 0 Å². The number of nitro groups is 1. The van der Waals surface area contributed by atoms with E-state index in [-0.39, 0.29) is 17.4 Å². The minimum absolute atomic E-state index is 0.0162. The normalized spacial score (nSPS) is 10.3. The Labute approximate surface area is 112 Å². The van der Waals surface area contributed by atoms with Crippen molar-refractivity contribution in [3.63, 3.8) is 0 Å². The molecule has 0 atom stereocenters. The summed E-state index contributed by atoms with van der Waals surface area (Å²) in [5.74, 6) is 0.820. The van der Waals surface area contributed by atoms with Crippen molar-refractivity contribution in [1.29, 1.82) is 0 Å². The molecule has 7 nitrogen and oxygen atoms in total. The molecule has 0 bridgehead atoms. The van der Waals surface area contributed by atoms with E-state index in [1.54, 1.807) is 0 Å². The quantitative estimate of drug-likeness (QED) is 0.442. The van der Waals surface area contributed by atoms with E-state index in [9.17, 15) is 10.1 Å². The highest BCUT2D eigenvalue weighted by molar-refractivity contribution is 5.61. The first-order valence-corrected chi connectivity index (χ1v) is 6.47. The largest absolute Gasteiger partial charge is 0.476 e. The standard InChI is InChI=1S/C12H20N4O3/c1-4-6-8-13-11-10(16(17)18)12(19-3)15-9(14-11)7-5-2/h4-8H2,1-3H3,(H,13,14,15). The van der Waals surface area contributed by atoms with Crippen LogP contribution < -0.4 is 10.1 Å². The van der Waals surface area contributed by atoms with Gasteiger partial charge in [0.15, 0.2) is 0 Å². The van der Waals surface area contributed by atoms with Gasteiger partial charge in [0.05, 0.1) is 12.0 Å². The molecule has 7 heteroatoms. The number of methoxy groups -OCH3 is 1. The van der Waals surface area contributed by atoms with Crippen molar-refractivity contribution >= 4 is 11.5 Å². The summed E-state index contributed by atoms with van der Waals surface area (Å²) in [4.78, 5) is 18.9. The molecule has 0 aromatic carbocycles. The average Bonchev–Trinajstić information content (AvgIpc) is 2.38. The first-order valence-electron chi connectivity index (χ1n) is 6.47. The van der Waals surface area contributed by atoms with E-state index in [2.05, 4.69) is 22.2 Å². The Bertz CT molecular complexity index is 437. The Balaban J connectivity index is 3.12. The molecule has 0 radical (unpaired) electrons. The molecule has 1 aromatic rings. The minimum Gasteiger partial charge on any atom is -0.476 e. The maximum Gasteiger partial charge on any atom is 0.372 e. The van der Waals surface area contributed by atoms with Crippen LogP contribution in [0.25, 0.3) is 0 Å². The van der Waals surface area contributed by atoms with Crippen LogP contribution in [0.4, 0.5) is 11.5 Å². The monoisotopic (exact) mass is 268 g/mol. The third-order valence-corrected chi connectivity index (χ3v) is 2.57. The Morgan fingerprint density at radius 1 is 1.32 bits per heavy atom. The summed E-state index contributed by atoms with van der Waals surface area (Å²) in [7, 11) is 1.38. The van der Waals surface area contributed by atoms with Crippen molar-refractivity contribution in [1.82, 2.24) is 9.97 Å². The summed E-state index contributed by atoms with van der Waals surface area (Å²) in [5.41, 5.74) is -0.196. The smallest absolute Gasteiger partial charge is 0.372 e. The maximum atomic E-state index is 11.1. The molecule has 0 saturated heterocycles. The number of aromatic nitrogens is 2. The molecular weight excluding hydrogens is 248 g/mol. The molecular formula is C12H20N4O3. The lowest BCUT2D eigenvalue weighted by Gasteiger charge is -2.09. The molecule has 0 amide bonds. The summed E-state index contributed by atoms with van der Waals surface area (Å²) in [5, 5.41) is 14.1. The number of aryl methyl sites for hydroxylation is 1. The summed E-state index contributed by atoms with van der Waals surface area (Å²) < 4.78 is 5.01. The van der Waals surface area contributed by atoms with Crippen LogP contribution in [-0.2, 0) is 6.42 Å². The molecule has 0 aliphatic carbocycles. The highest BCUT2D eigenvalue weighted by Gasteiger charge is 2.25. The second kappa shape index (κ2) is 7.50. The van der Waals surface area contributed by atoms with Crippen LogP contribution in [0.5, 0.6) is 5.88 Å². The van der Waals surface area contributed by atoms with Gasteiger partial charge in [-0.1, -0.05) is 20.3 Å². The molecule has 0 aliphatic rings. The van der Waals surface area contributed by atoms with E-state index in [1.807, 2.05) is 6.92 Å². The van der Waals surface area contributed by atoms with Gasteiger partial charge in [0.2, 0.25) is 5.82 Å². The van der Waals surface area contributed by atoms with Gasteiger partial charge in [0.25, 0.3) is 5.88 Å². The first kappa shape index (κ1) is 15.1. The van der Waals surface area contributed by atoms with Crippen molar-refractivity contribution in [3.05, 3.63) is 15.9 Å². The Kier molecular flexibility index (Phi) is 5.98. The average molecular weight is 268 g/mol. The predicted octanol–water partition coefficient (Wildman–Crippen LogP) is 2.56. The number of unbranched alkanes of at least 4 members (excludes halogenated alkanes) is 1. The number of rotatable bonds is 8. The molecule has 0 fully saturated rings. The molecule has 106 valence electrons. The number of hydrogen-bond donors (Lipinski definition) is 1. The molecule has 1 aromatic heterocycles. The molecule has 0 spiro atoms. The van der Waals surface area contributed by atoms with Gasteiger partial charge in [-0.25, -0.2) is 4.98 Å². The summed E-state index contributed by atoms with van der Waals surface area (Å²) in [6.45, 7) is 4.70. The molecule has 19 heavy (non-hydrogen) atoms. The first-order chi connectivity index (χ1) is 9.13. The summed E-state index contributed by atoms with van der Waals surface area (Å²) >= 11 is 0. The van der Waals surface area contributed by atoms with Gasteiger partial charge in [-0.2, -0.15) is 4.98 Å². The maximum absolute atomic E-state index is 11.1. The predicted molar refractivity (Wildman–Crippen MR) is 72.6 cm³/mol. The number of hydrogen-bond acceptors (Lipinski definition) is 6. The topological polar surface area (TPSA) is 90.2 Å². The molecule has 0 aliphatic heterocycles. The summed E-state index contributed by atoms with van der Waals surface area (Å²) in [6.07, 6.45) is 3.46. The van der Waals surface area contributed by atoms with Gasteiger partial charge in [-0.15, -0.1) is 0 Å². The van der Waals surface area contributed by atoms with E-state index in [0.29, 0.717) is 18.8 Å². The Morgan fingerprint density at radius 3 is 2.58 bits per heavy atom. The van der Waals surface area contributed by atoms with Crippen molar-refractivity contribution in [3.8, 4) is 5.88 Å². The fraction of sp³-hybridized carbons (Fsp3) is 0.667. The molecule has 1 N–H and O–H groups in total. The van der Waals surface area contributed by atoms with Gasteiger partial charge in [-0.05, 0) is 12.8 Å². The van der Waals surface area contributed by atoms with Crippen molar-refractivity contribution < 1.29 is 9.66 Å². The molecule has 1 rings (SSSR count). The van der Waals surface area contributed by atoms with E-state index < -0.39 is 4.92 Å². The molecule has 0 saturated carbocycles. The van der Waals surface area contributed by atoms with Crippen molar-refractivity contribution in [2.45, 2.75) is 39.5 Å². The third kappa shape index (κ3) is 4.04. The zero-order valence-electron chi connectivity index (χ0n) is 11.6. The third-order valence-electron chi connectivity index (χ3n) is 2.57. The fourth-order valence-electron chi connectivity index (χ4n) is 1.63. The lowest BCUT2D eigenvalue weighted by atomic mass is 10.3. The highest BCUT2D eigenvalue weighted by atomic mass is 16.6. The number of nitrogens with zero attached hydrogens (tertiary/aromatic N) is 3. The van der Waals surface area contributed by atoms with Crippen molar-refractivity contribution in [2.24, 2.45) is 0 Å². The van der Waals surface area contributed by atoms with Crippen LogP contribution in [0, 0.1) is 10.1 Å². The van der Waals surface area contributed by atoms with E-state index in [1.165, 1.54) is 7.11 Å². The number of anilines is 1. The van der Waals surface area contributed by atoms with Crippen LogP contribution >= 0.6 is 0 Å². The highest BCUT2D eigenvalue weighted by Crippen LogP contribution is 2.31. The van der Waals surface area contributed by atoms with Gasteiger partial charge in [0.1, 0.15) is 5.82 Å². The number of ether oxygens (including phenoxy) is 1. The number of nitrogens with one attached hydrogen (secondary N) is 1. The van der Waals surface area contributed by atoms with E-state index in [0.717, 1.165) is 19.3 Å². The minimum atomic E-state index is -0.511. The lowest BCUT2D eigenvalue weighted by Crippen LogP contribution is -2.10. The molecule has 0 unspecified atom stereocenters. The lowest BCUT2D eigenvalue weighted by molar-refractivity contribution is -0.385. The SMILES string of the molecule is CCCCNc1nc(CCC)nc(OC)c1[N+](=O)[O-]. The zero-order chi connectivity index (χ0) is 14.3. The summed E-state index contributed by atoms with van der Waals surface area (Å²) in [6, 6.07) is 0. The second-order valence-corrected chi connectivity index (χ2v) is 4.13. The van der Waals surface area contributed by atoms with Gasteiger partial charge >= 0.3 is 5.69 Å². The Hall–Kier alpha value is -1.92. The van der Waals surface area contributed by atoms with E-state index in [4.69, 9.17) is 4.74 Å². The van der Waals surface area contributed by atoms with Crippen LogP contribution in [-0.4, -0.2) is 28.5 Å². The van der Waals surface area contributed by atoms with Crippen LogP contribution in [0.2, 0.25) is 0 Å².